The number of aliphatic hydroxyl groups is 6. The largest absolute Gasteiger partial charge is 0.390 e. The second kappa shape index (κ2) is 11.0. The SMILES string of the molecule is NCC1CC(OC2C(O)C(N)CC(N)C2OC2OC(CN)C(O)C(O)C2N)C(O)C(O)C1O. The molecule has 15 unspecified atom stereocenters. The normalized spacial score (nSPS) is 53.7. The third kappa shape index (κ3) is 5.34. The van der Waals surface area contributed by atoms with Crippen LogP contribution in [0.2, 0.25) is 0 Å². The number of hydrogen-bond acceptors (Lipinski definition) is 14. The van der Waals surface area contributed by atoms with Crippen molar-refractivity contribution in [2.24, 2.45) is 34.6 Å². The minimum absolute atomic E-state index is 0.0441. The monoisotopic (exact) mass is 481 g/mol. The van der Waals surface area contributed by atoms with Gasteiger partial charge >= 0.3 is 0 Å². The van der Waals surface area contributed by atoms with Crippen LogP contribution in [0.3, 0.4) is 0 Å². The second-order valence-electron chi connectivity index (χ2n) is 9.33. The van der Waals surface area contributed by atoms with Crippen LogP contribution in [0.4, 0.5) is 0 Å². The number of rotatable bonds is 6. The van der Waals surface area contributed by atoms with Gasteiger partial charge in [-0.3, -0.25) is 0 Å². The van der Waals surface area contributed by atoms with Gasteiger partial charge in [-0.05, 0) is 19.4 Å². The van der Waals surface area contributed by atoms with E-state index in [9.17, 15) is 30.6 Å². The molecule has 16 N–H and O–H groups in total. The van der Waals surface area contributed by atoms with Gasteiger partial charge in [0.1, 0.15) is 42.7 Å². The second-order valence-corrected chi connectivity index (χ2v) is 9.33. The Hall–Kier alpha value is -0.560. The van der Waals surface area contributed by atoms with E-state index in [1.807, 2.05) is 0 Å². The molecule has 3 aliphatic rings. The zero-order valence-corrected chi connectivity index (χ0v) is 18.3. The van der Waals surface area contributed by atoms with Crippen molar-refractivity contribution in [1.29, 1.82) is 0 Å². The van der Waals surface area contributed by atoms with Crippen molar-refractivity contribution >= 4 is 0 Å². The Kier molecular flexibility index (Phi) is 9.02. The molecule has 2 saturated carbocycles. The average Bonchev–Trinajstić information content (AvgIpc) is 2.79. The molecule has 1 saturated heterocycles. The summed E-state index contributed by atoms with van der Waals surface area (Å²) in [5, 5.41) is 61.9. The first kappa shape index (κ1) is 27.0. The van der Waals surface area contributed by atoms with Crippen LogP contribution in [-0.2, 0) is 14.2 Å². The molecule has 1 aliphatic heterocycles. The lowest BCUT2D eigenvalue weighted by Crippen LogP contribution is -2.68. The van der Waals surface area contributed by atoms with E-state index in [1.54, 1.807) is 0 Å². The van der Waals surface area contributed by atoms with Gasteiger partial charge in [0.25, 0.3) is 0 Å². The van der Waals surface area contributed by atoms with Gasteiger partial charge in [0.05, 0.1) is 24.4 Å². The van der Waals surface area contributed by atoms with Crippen LogP contribution in [0.1, 0.15) is 12.8 Å². The summed E-state index contributed by atoms with van der Waals surface area (Å²) in [5.41, 5.74) is 29.6. The van der Waals surface area contributed by atoms with Gasteiger partial charge in [-0.1, -0.05) is 0 Å². The van der Waals surface area contributed by atoms with E-state index in [0.29, 0.717) is 0 Å². The van der Waals surface area contributed by atoms with Gasteiger partial charge in [0, 0.05) is 24.5 Å². The molecular formula is C19H39N5O9. The number of hydrogen-bond donors (Lipinski definition) is 11. The fourth-order valence-electron chi connectivity index (χ4n) is 4.88. The molecule has 3 fully saturated rings. The molecule has 0 bridgehead atoms. The lowest BCUT2D eigenvalue weighted by atomic mass is 9.79. The Balaban J connectivity index is 1.80. The molecule has 0 aromatic rings. The zero-order valence-electron chi connectivity index (χ0n) is 18.3. The maximum atomic E-state index is 10.8. The maximum Gasteiger partial charge on any atom is 0.176 e. The molecule has 14 heteroatoms. The molecule has 2 aliphatic carbocycles. The Labute approximate surface area is 191 Å². The van der Waals surface area contributed by atoms with E-state index in [-0.39, 0.29) is 25.9 Å². The summed E-state index contributed by atoms with van der Waals surface area (Å²) in [6.45, 7) is -0.0631. The quantitative estimate of drug-likeness (QED) is 0.168. The number of ether oxygens (including phenoxy) is 3. The summed E-state index contributed by atoms with van der Waals surface area (Å²) in [7, 11) is 0. The molecule has 0 radical (unpaired) electrons. The molecule has 0 aromatic heterocycles. The average molecular weight is 482 g/mol. The van der Waals surface area contributed by atoms with E-state index in [0.717, 1.165) is 0 Å². The van der Waals surface area contributed by atoms with Crippen molar-refractivity contribution in [3.05, 3.63) is 0 Å². The van der Waals surface area contributed by atoms with E-state index < -0.39 is 91.4 Å². The van der Waals surface area contributed by atoms with Crippen molar-refractivity contribution in [2.75, 3.05) is 13.1 Å². The molecule has 1 heterocycles. The van der Waals surface area contributed by atoms with Gasteiger partial charge in [-0.2, -0.15) is 0 Å². The number of aliphatic hydroxyl groups excluding tert-OH is 6. The van der Waals surface area contributed by atoms with Crippen LogP contribution in [0.5, 0.6) is 0 Å². The fourth-order valence-corrected chi connectivity index (χ4v) is 4.88. The highest BCUT2D eigenvalue weighted by Crippen LogP contribution is 2.33. The van der Waals surface area contributed by atoms with Crippen molar-refractivity contribution in [3.63, 3.8) is 0 Å². The van der Waals surface area contributed by atoms with Gasteiger partial charge in [-0.15, -0.1) is 0 Å². The van der Waals surface area contributed by atoms with Gasteiger partial charge in [0.2, 0.25) is 0 Å². The van der Waals surface area contributed by atoms with Crippen molar-refractivity contribution in [2.45, 2.75) is 98.3 Å². The van der Waals surface area contributed by atoms with Crippen LogP contribution in [0.15, 0.2) is 0 Å². The first-order chi connectivity index (χ1) is 15.5. The fraction of sp³-hybridized carbons (Fsp3) is 1.00. The van der Waals surface area contributed by atoms with E-state index >= 15 is 0 Å². The van der Waals surface area contributed by atoms with E-state index in [2.05, 4.69) is 0 Å². The van der Waals surface area contributed by atoms with Crippen LogP contribution in [-0.4, -0.2) is 129 Å². The maximum absolute atomic E-state index is 10.8. The summed E-state index contributed by atoms with van der Waals surface area (Å²) >= 11 is 0. The molecule has 0 spiro atoms. The molecule has 14 nitrogen and oxygen atoms in total. The molecule has 0 aromatic carbocycles. The lowest BCUT2D eigenvalue weighted by molar-refractivity contribution is -0.299. The summed E-state index contributed by atoms with van der Waals surface area (Å²) in [6.07, 6.45) is -13.3. The third-order valence-corrected chi connectivity index (χ3v) is 7.07. The predicted octanol–water partition coefficient (Wildman–Crippen LogP) is -6.66. The Morgan fingerprint density at radius 1 is 0.667 bits per heavy atom. The topological polar surface area (TPSA) is 279 Å². The smallest absolute Gasteiger partial charge is 0.176 e. The highest BCUT2D eigenvalue weighted by molar-refractivity contribution is 5.02. The van der Waals surface area contributed by atoms with E-state index in [1.165, 1.54) is 0 Å². The Morgan fingerprint density at radius 2 is 1.33 bits per heavy atom. The summed E-state index contributed by atoms with van der Waals surface area (Å²) in [6, 6.07) is -2.66. The molecule has 33 heavy (non-hydrogen) atoms. The van der Waals surface area contributed by atoms with Gasteiger partial charge in [-0.25, -0.2) is 0 Å². The minimum Gasteiger partial charge on any atom is -0.390 e. The zero-order chi connectivity index (χ0) is 24.6. The summed E-state index contributed by atoms with van der Waals surface area (Å²) in [5.74, 6) is -0.548. The highest BCUT2D eigenvalue weighted by atomic mass is 16.7. The first-order valence-corrected chi connectivity index (χ1v) is 11.2. The van der Waals surface area contributed by atoms with Gasteiger partial charge in [0.15, 0.2) is 6.29 Å². The van der Waals surface area contributed by atoms with Crippen LogP contribution < -0.4 is 28.7 Å². The third-order valence-electron chi connectivity index (χ3n) is 7.07. The molecule has 194 valence electrons. The molecule has 0 amide bonds. The van der Waals surface area contributed by atoms with E-state index in [4.69, 9.17) is 42.9 Å². The Bertz CT molecular complexity index is 634. The molecular weight excluding hydrogens is 442 g/mol. The number of nitrogens with two attached hydrogens (primary N) is 5. The molecule has 15 atom stereocenters. The summed E-state index contributed by atoms with van der Waals surface area (Å²) < 4.78 is 17.6. The highest BCUT2D eigenvalue weighted by Gasteiger charge is 2.51. The Morgan fingerprint density at radius 3 is 1.94 bits per heavy atom. The first-order valence-electron chi connectivity index (χ1n) is 11.2. The molecule has 3 rings (SSSR count). The van der Waals surface area contributed by atoms with Gasteiger partial charge < -0.3 is 73.5 Å². The van der Waals surface area contributed by atoms with Crippen LogP contribution >= 0.6 is 0 Å². The van der Waals surface area contributed by atoms with Crippen molar-refractivity contribution in [1.82, 2.24) is 0 Å². The van der Waals surface area contributed by atoms with Crippen molar-refractivity contribution in [3.8, 4) is 0 Å². The summed E-state index contributed by atoms with van der Waals surface area (Å²) in [4.78, 5) is 0. The lowest BCUT2D eigenvalue weighted by Gasteiger charge is -2.49. The minimum atomic E-state index is -1.50. The van der Waals surface area contributed by atoms with Crippen LogP contribution in [0.25, 0.3) is 0 Å². The van der Waals surface area contributed by atoms with Crippen molar-refractivity contribution < 1.29 is 44.8 Å². The predicted molar refractivity (Wildman–Crippen MR) is 113 cm³/mol. The van der Waals surface area contributed by atoms with Crippen LogP contribution in [0, 0.1) is 5.92 Å². The standard InChI is InChI=1S/C19H39N5O9/c20-3-5-1-8(13(27)16(30)11(5)25)31-18-12(26)6(22)2-7(23)17(18)33-19-10(24)15(29)14(28)9(4-21)32-19/h5-19,25-30H,1-4,20-24H2.